The Kier molecular flexibility index (Phi) is 3.93. The monoisotopic (exact) mass is 290 g/mol. The topological polar surface area (TPSA) is 50.5 Å². The molecule has 86 valence electrons. The SMILES string of the molecule is Cc1ccc(N=NCc2ccc(Br)nc2)nc1. The van der Waals surface area contributed by atoms with Crippen LogP contribution >= 0.6 is 15.9 Å². The minimum Gasteiger partial charge on any atom is -0.249 e. The first-order chi connectivity index (χ1) is 8.24. The lowest BCUT2D eigenvalue weighted by atomic mass is 10.3. The van der Waals surface area contributed by atoms with Crippen LogP contribution in [0.4, 0.5) is 5.82 Å². The minimum atomic E-state index is 0.510. The highest BCUT2D eigenvalue weighted by Crippen LogP contribution is 2.11. The van der Waals surface area contributed by atoms with E-state index in [9.17, 15) is 0 Å². The molecule has 2 heterocycles. The lowest BCUT2D eigenvalue weighted by Gasteiger charge is -1.95. The maximum Gasteiger partial charge on any atom is 0.173 e. The normalized spacial score (nSPS) is 10.9. The van der Waals surface area contributed by atoms with Crippen molar-refractivity contribution in [3.63, 3.8) is 0 Å². The molecule has 0 radical (unpaired) electrons. The summed E-state index contributed by atoms with van der Waals surface area (Å²) in [6.07, 6.45) is 3.54. The molecule has 0 bridgehead atoms. The van der Waals surface area contributed by atoms with Crippen LogP contribution in [0.25, 0.3) is 0 Å². The Morgan fingerprint density at radius 3 is 2.65 bits per heavy atom. The zero-order valence-electron chi connectivity index (χ0n) is 9.34. The number of halogens is 1. The number of pyridine rings is 2. The molecule has 0 aliphatic carbocycles. The maximum atomic E-state index is 4.14. The molecular formula is C12H11BrN4. The molecule has 2 rings (SSSR count). The van der Waals surface area contributed by atoms with Crippen molar-refractivity contribution in [2.24, 2.45) is 10.2 Å². The number of aromatic nitrogens is 2. The first kappa shape index (κ1) is 11.9. The van der Waals surface area contributed by atoms with E-state index < -0.39 is 0 Å². The van der Waals surface area contributed by atoms with Crippen LogP contribution in [0.3, 0.4) is 0 Å². The van der Waals surface area contributed by atoms with Gasteiger partial charge in [-0.2, -0.15) is 5.11 Å². The third-order valence-electron chi connectivity index (χ3n) is 2.11. The molecule has 0 spiro atoms. The van der Waals surface area contributed by atoms with Crippen molar-refractivity contribution in [2.45, 2.75) is 13.5 Å². The van der Waals surface area contributed by atoms with E-state index in [0.717, 1.165) is 15.7 Å². The summed E-state index contributed by atoms with van der Waals surface area (Å²) in [4.78, 5) is 8.26. The van der Waals surface area contributed by atoms with Crippen LogP contribution in [-0.2, 0) is 6.54 Å². The molecule has 0 N–H and O–H groups in total. The molecule has 0 amide bonds. The van der Waals surface area contributed by atoms with Crippen LogP contribution in [0.2, 0.25) is 0 Å². The van der Waals surface area contributed by atoms with Gasteiger partial charge in [-0.15, -0.1) is 5.11 Å². The minimum absolute atomic E-state index is 0.510. The largest absolute Gasteiger partial charge is 0.249 e. The Morgan fingerprint density at radius 2 is 2.00 bits per heavy atom. The van der Waals surface area contributed by atoms with Crippen LogP contribution in [0.15, 0.2) is 51.5 Å². The molecule has 0 saturated carbocycles. The van der Waals surface area contributed by atoms with Gasteiger partial charge in [-0.1, -0.05) is 12.1 Å². The van der Waals surface area contributed by atoms with Gasteiger partial charge in [0.1, 0.15) is 4.60 Å². The van der Waals surface area contributed by atoms with Crippen molar-refractivity contribution in [3.8, 4) is 0 Å². The van der Waals surface area contributed by atoms with Crippen LogP contribution < -0.4 is 0 Å². The molecule has 4 nitrogen and oxygen atoms in total. The first-order valence-corrected chi connectivity index (χ1v) is 5.94. The molecule has 0 aliphatic heterocycles. The van der Waals surface area contributed by atoms with E-state index in [-0.39, 0.29) is 0 Å². The van der Waals surface area contributed by atoms with Crippen molar-refractivity contribution >= 4 is 21.7 Å². The Labute approximate surface area is 108 Å². The second-order valence-electron chi connectivity index (χ2n) is 3.58. The van der Waals surface area contributed by atoms with Gasteiger partial charge in [0.25, 0.3) is 0 Å². The zero-order chi connectivity index (χ0) is 12.1. The van der Waals surface area contributed by atoms with Gasteiger partial charge in [-0.05, 0) is 46.1 Å². The molecule has 2 aromatic rings. The summed E-state index contributed by atoms with van der Waals surface area (Å²) < 4.78 is 0.818. The van der Waals surface area contributed by atoms with E-state index in [4.69, 9.17) is 0 Å². The van der Waals surface area contributed by atoms with Crippen LogP contribution in [-0.4, -0.2) is 9.97 Å². The van der Waals surface area contributed by atoms with Crippen molar-refractivity contribution in [1.29, 1.82) is 0 Å². The Balaban J connectivity index is 1.97. The molecular weight excluding hydrogens is 280 g/mol. The molecule has 0 fully saturated rings. The highest BCUT2D eigenvalue weighted by atomic mass is 79.9. The molecule has 5 heteroatoms. The standard InChI is InChI=1S/C12H11BrN4/c1-9-2-5-12(15-6-9)17-16-8-10-3-4-11(13)14-7-10/h2-7H,8H2,1H3. The maximum absolute atomic E-state index is 4.14. The van der Waals surface area contributed by atoms with Gasteiger partial charge in [-0.3, -0.25) is 0 Å². The van der Waals surface area contributed by atoms with Gasteiger partial charge in [0.2, 0.25) is 0 Å². The smallest absolute Gasteiger partial charge is 0.173 e. The van der Waals surface area contributed by atoms with Crippen LogP contribution in [0.5, 0.6) is 0 Å². The number of hydrogen-bond donors (Lipinski definition) is 0. The molecule has 0 saturated heterocycles. The van der Waals surface area contributed by atoms with Gasteiger partial charge in [-0.25, -0.2) is 9.97 Å². The number of azo groups is 1. The van der Waals surface area contributed by atoms with Crippen molar-refractivity contribution < 1.29 is 0 Å². The quantitative estimate of drug-likeness (QED) is 0.637. The van der Waals surface area contributed by atoms with E-state index in [0.29, 0.717) is 12.4 Å². The third-order valence-corrected chi connectivity index (χ3v) is 2.58. The zero-order valence-corrected chi connectivity index (χ0v) is 10.9. The van der Waals surface area contributed by atoms with Crippen molar-refractivity contribution in [1.82, 2.24) is 9.97 Å². The number of aryl methyl sites for hydroxylation is 1. The Hall–Kier alpha value is -1.62. The predicted octanol–water partition coefficient (Wildman–Crippen LogP) is 3.83. The Bertz CT molecular complexity index is 505. The van der Waals surface area contributed by atoms with Gasteiger partial charge >= 0.3 is 0 Å². The lowest BCUT2D eigenvalue weighted by molar-refractivity contribution is 0.935. The summed E-state index contributed by atoms with van der Waals surface area (Å²) in [5.74, 6) is 0.626. The van der Waals surface area contributed by atoms with Gasteiger partial charge in [0.05, 0.1) is 6.54 Å². The van der Waals surface area contributed by atoms with E-state index in [1.807, 2.05) is 31.2 Å². The average molecular weight is 291 g/mol. The van der Waals surface area contributed by atoms with Crippen molar-refractivity contribution in [3.05, 3.63) is 52.4 Å². The highest BCUT2D eigenvalue weighted by Gasteiger charge is 1.93. The van der Waals surface area contributed by atoms with E-state index >= 15 is 0 Å². The van der Waals surface area contributed by atoms with Gasteiger partial charge < -0.3 is 0 Å². The third kappa shape index (κ3) is 3.71. The summed E-state index contributed by atoms with van der Waals surface area (Å²) in [6, 6.07) is 7.65. The molecule has 0 aliphatic rings. The molecule has 2 aromatic heterocycles. The summed E-state index contributed by atoms with van der Waals surface area (Å²) in [6.45, 7) is 2.50. The van der Waals surface area contributed by atoms with Crippen LogP contribution in [0.1, 0.15) is 11.1 Å². The summed E-state index contributed by atoms with van der Waals surface area (Å²) >= 11 is 3.28. The molecule has 0 atom stereocenters. The van der Waals surface area contributed by atoms with E-state index in [1.54, 1.807) is 12.4 Å². The van der Waals surface area contributed by atoms with Gasteiger partial charge in [0.15, 0.2) is 5.82 Å². The van der Waals surface area contributed by atoms with Gasteiger partial charge in [0, 0.05) is 12.4 Å². The average Bonchev–Trinajstić information content (AvgIpc) is 2.34. The number of hydrogen-bond acceptors (Lipinski definition) is 4. The first-order valence-electron chi connectivity index (χ1n) is 5.14. The summed E-state index contributed by atoms with van der Waals surface area (Å²) in [5, 5.41) is 8.12. The molecule has 0 unspecified atom stereocenters. The second-order valence-corrected chi connectivity index (χ2v) is 4.39. The summed E-state index contributed by atoms with van der Waals surface area (Å²) in [5.41, 5.74) is 2.13. The van der Waals surface area contributed by atoms with Crippen molar-refractivity contribution in [2.75, 3.05) is 0 Å². The van der Waals surface area contributed by atoms with Crippen LogP contribution in [0, 0.1) is 6.92 Å². The fraction of sp³-hybridized carbons (Fsp3) is 0.167. The second kappa shape index (κ2) is 5.63. The van der Waals surface area contributed by atoms with E-state index in [2.05, 4.69) is 36.1 Å². The molecule has 17 heavy (non-hydrogen) atoms. The number of rotatable bonds is 3. The van der Waals surface area contributed by atoms with E-state index in [1.165, 1.54) is 0 Å². The fourth-order valence-corrected chi connectivity index (χ4v) is 1.44. The molecule has 0 aromatic carbocycles. The highest BCUT2D eigenvalue weighted by molar-refractivity contribution is 9.10. The predicted molar refractivity (Wildman–Crippen MR) is 69.1 cm³/mol. The summed E-state index contributed by atoms with van der Waals surface area (Å²) in [7, 11) is 0. The Morgan fingerprint density at radius 1 is 1.12 bits per heavy atom. The fourth-order valence-electron chi connectivity index (χ4n) is 1.21. The lowest BCUT2D eigenvalue weighted by Crippen LogP contribution is -1.83. The number of nitrogens with zero attached hydrogens (tertiary/aromatic N) is 4.